The molecule has 0 saturated heterocycles. The van der Waals surface area contributed by atoms with Crippen molar-refractivity contribution in [3.8, 4) is 0 Å². The van der Waals surface area contributed by atoms with E-state index in [1.54, 1.807) is 6.08 Å². The quantitative estimate of drug-likeness (QED) is 0.155. The van der Waals surface area contributed by atoms with Gasteiger partial charge in [-0.3, -0.25) is 19.3 Å². The highest BCUT2D eigenvalue weighted by atomic mass is 32.3. The molecule has 0 spiro atoms. The van der Waals surface area contributed by atoms with Crippen LogP contribution in [-0.4, -0.2) is 43.5 Å². The second kappa shape index (κ2) is 10.8. The van der Waals surface area contributed by atoms with Gasteiger partial charge in [-0.1, -0.05) is 6.08 Å². The van der Waals surface area contributed by atoms with Gasteiger partial charge in [0.2, 0.25) is 5.91 Å². The van der Waals surface area contributed by atoms with E-state index in [-0.39, 0.29) is 15.9 Å². The molecule has 0 aliphatic heterocycles. The van der Waals surface area contributed by atoms with Crippen molar-refractivity contribution in [1.82, 2.24) is 15.6 Å². The summed E-state index contributed by atoms with van der Waals surface area (Å²) in [6, 6.07) is 5.72. The van der Waals surface area contributed by atoms with Crippen LogP contribution in [0.4, 0.5) is 5.69 Å². The van der Waals surface area contributed by atoms with Crippen molar-refractivity contribution in [2.75, 3.05) is 11.9 Å². The van der Waals surface area contributed by atoms with Gasteiger partial charge >= 0.3 is 10.4 Å². The molecule has 1 aromatic rings. The lowest BCUT2D eigenvalue weighted by Gasteiger charge is -2.11. The fraction of sp³-hybridized carbons (Fsp3) is 0.167. The molecule has 0 heterocycles. The van der Waals surface area contributed by atoms with Crippen LogP contribution in [0, 0.1) is 0 Å². The molecule has 0 radical (unpaired) electrons. The summed E-state index contributed by atoms with van der Waals surface area (Å²) in [5.74, 6) is -0.232. The predicted molar refractivity (Wildman–Crippen MR) is 99.2 cm³/mol. The van der Waals surface area contributed by atoms with Gasteiger partial charge in [-0.05, 0) is 36.5 Å². The number of benzene rings is 1. The van der Waals surface area contributed by atoms with Crippen LogP contribution in [0.5, 0.6) is 0 Å². The largest absolute Gasteiger partial charge is 0.394 e. The van der Waals surface area contributed by atoms with E-state index in [1.807, 2.05) is 0 Å². The lowest BCUT2D eigenvalue weighted by molar-refractivity contribution is -0.114. The minimum absolute atomic E-state index is 0.0376. The molecule has 146 valence electrons. The smallest absolute Gasteiger partial charge is 0.358 e. The van der Waals surface area contributed by atoms with Crippen LogP contribution in [0.2, 0.25) is 0 Å². The summed E-state index contributed by atoms with van der Waals surface area (Å²) in [5.41, 5.74) is 2.88. The summed E-state index contributed by atoms with van der Waals surface area (Å²) in [4.78, 5) is 13.1. The SMILES string of the molecule is C=CCNC(=S)NNS(=O)(=O)c1ccc(NC(C)=O)cc1.O=S(=O)(O)O. The van der Waals surface area contributed by atoms with Gasteiger partial charge in [0.05, 0.1) is 4.90 Å². The zero-order valence-corrected chi connectivity index (χ0v) is 15.9. The highest BCUT2D eigenvalue weighted by molar-refractivity contribution is 7.89. The molecule has 14 heteroatoms. The van der Waals surface area contributed by atoms with Crippen LogP contribution < -0.4 is 20.9 Å². The molecular formula is C12H18N4O7S3. The molecule has 6 N–H and O–H groups in total. The van der Waals surface area contributed by atoms with E-state index in [1.165, 1.54) is 31.2 Å². The van der Waals surface area contributed by atoms with Crippen LogP contribution in [0.15, 0.2) is 41.8 Å². The third-order valence-electron chi connectivity index (χ3n) is 2.19. The number of thiocarbonyl (C=S) groups is 1. The van der Waals surface area contributed by atoms with Gasteiger partial charge in [0.15, 0.2) is 5.11 Å². The summed E-state index contributed by atoms with van der Waals surface area (Å²) >= 11 is 4.86. The lowest BCUT2D eigenvalue weighted by Crippen LogP contribution is -2.46. The van der Waals surface area contributed by atoms with Crippen LogP contribution in [0.25, 0.3) is 0 Å². The van der Waals surface area contributed by atoms with Crippen LogP contribution >= 0.6 is 12.2 Å². The van der Waals surface area contributed by atoms with Crippen molar-refractivity contribution in [2.24, 2.45) is 0 Å². The topological polar surface area (TPSA) is 174 Å². The van der Waals surface area contributed by atoms with Gasteiger partial charge in [0.25, 0.3) is 10.0 Å². The molecule has 0 saturated carbocycles. The number of anilines is 1. The minimum atomic E-state index is -4.67. The molecule has 0 unspecified atom stereocenters. The molecule has 1 rings (SSSR count). The first kappa shape index (κ1) is 23.9. The van der Waals surface area contributed by atoms with Crippen molar-refractivity contribution in [3.05, 3.63) is 36.9 Å². The van der Waals surface area contributed by atoms with Crippen molar-refractivity contribution in [1.29, 1.82) is 0 Å². The number of sulfonamides is 1. The Morgan fingerprint density at radius 1 is 1.19 bits per heavy atom. The maximum absolute atomic E-state index is 12.0. The Morgan fingerprint density at radius 2 is 1.69 bits per heavy atom. The molecule has 1 aromatic carbocycles. The number of amides is 1. The Morgan fingerprint density at radius 3 is 2.12 bits per heavy atom. The number of nitrogens with one attached hydrogen (secondary N) is 4. The predicted octanol–water partition coefficient (Wildman–Crippen LogP) is -0.164. The van der Waals surface area contributed by atoms with Gasteiger partial charge < -0.3 is 10.6 Å². The summed E-state index contributed by atoms with van der Waals surface area (Å²) in [7, 11) is -8.42. The monoisotopic (exact) mass is 426 g/mol. The Balaban J connectivity index is 0.00000110. The summed E-state index contributed by atoms with van der Waals surface area (Å²) < 4.78 is 55.5. The number of rotatable bonds is 6. The molecule has 0 fully saturated rings. The summed E-state index contributed by atoms with van der Waals surface area (Å²) in [6.45, 7) is 5.28. The number of carbonyl (C=O) groups excluding carboxylic acids is 1. The number of hydrogen-bond acceptors (Lipinski definition) is 6. The minimum Gasteiger partial charge on any atom is -0.358 e. The molecule has 0 aliphatic carbocycles. The second-order valence-electron chi connectivity index (χ2n) is 4.38. The van der Waals surface area contributed by atoms with Gasteiger partial charge in [-0.15, -0.1) is 11.4 Å². The van der Waals surface area contributed by atoms with Crippen LogP contribution in [0.3, 0.4) is 0 Å². The van der Waals surface area contributed by atoms with Crippen molar-refractivity contribution in [2.45, 2.75) is 11.8 Å². The number of hydrazine groups is 1. The van der Waals surface area contributed by atoms with E-state index in [4.69, 9.17) is 29.7 Å². The van der Waals surface area contributed by atoms with Gasteiger partial charge in [0, 0.05) is 19.2 Å². The first-order valence-electron chi connectivity index (χ1n) is 6.59. The van der Waals surface area contributed by atoms with Crippen molar-refractivity contribution in [3.63, 3.8) is 0 Å². The molecular weight excluding hydrogens is 408 g/mol. The first-order chi connectivity index (χ1) is 11.8. The molecule has 0 aromatic heterocycles. The molecule has 1 amide bonds. The number of carbonyl (C=O) groups is 1. The van der Waals surface area contributed by atoms with E-state index < -0.39 is 20.4 Å². The molecule has 11 nitrogen and oxygen atoms in total. The van der Waals surface area contributed by atoms with Gasteiger partial charge in [-0.25, -0.2) is 8.42 Å². The normalized spacial score (nSPS) is 10.7. The fourth-order valence-electron chi connectivity index (χ4n) is 1.30. The molecule has 0 aliphatic rings. The van der Waals surface area contributed by atoms with Crippen LogP contribution in [-0.2, 0) is 25.2 Å². The average molecular weight is 426 g/mol. The Bertz CT molecular complexity index is 828. The highest BCUT2D eigenvalue weighted by Gasteiger charge is 2.13. The number of hydrogen-bond donors (Lipinski definition) is 6. The lowest BCUT2D eigenvalue weighted by atomic mass is 10.3. The van der Waals surface area contributed by atoms with E-state index in [0.29, 0.717) is 12.2 Å². The highest BCUT2D eigenvalue weighted by Crippen LogP contribution is 2.13. The Labute approximate surface area is 156 Å². The second-order valence-corrected chi connectivity index (χ2v) is 7.37. The van der Waals surface area contributed by atoms with Gasteiger partial charge in [0.1, 0.15) is 0 Å². The maximum atomic E-state index is 12.0. The summed E-state index contributed by atoms with van der Waals surface area (Å²) in [5, 5.41) is 5.39. The van der Waals surface area contributed by atoms with E-state index in [2.05, 4.69) is 27.5 Å². The maximum Gasteiger partial charge on any atom is 0.394 e. The summed E-state index contributed by atoms with van der Waals surface area (Å²) in [6.07, 6.45) is 1.59. The van der Waals surface area contributed by atoms with E-state index in [0.717, 1.165) is 0 Å². The van der Waals surface area contributed by atoms with Gasteiger partial charge in [-0.2, -0.15) is 8.42 Å². The average Bonchev–Trinajstić information content (AvgIpc) is 2.49. The van der Waals surface area contributed by atoms with Crippen molar-refractivity contribution < 1.29 is 30.7 Å². The zero-order chi connectivity index (χ0) is 20.4. The third kappa shape index (κ3) is 12.3. The first-order valence-corrected chi connectivity index (χ1v) is 9.88. The van der Waals surface area contributed by atoms with E-state index in [9.17, 15) is 13.2 Å². The fourth-order valence-corrected chi connectivity index (χ4v) is 2.35. The van der Waals surface area contributed by atoms with Crippen LogP contribution in [0.1, 0.15) is 6.92 Å². The standard InChI is InChI=1S/C12H16N4O3S2.H2O4S/c1-3-8-13-12(20)15-16-21(18,19)11-6-4-10(5-7-11)14-9(2)17;1-5(2,3)4/h3-7,16H,1,8H2,2H3,(H,14,17)(H2,13,15,20);(H2,1,2,3,4). The zero-order valence-electron chi connectivity index (χ0n) is 13.5. The Hall–Kier alpha value is -2.10. The third-order valence-corrected chi connectivity index (χ3v) is 3.70. The van der Waals surface area contributed by atoms with E-state index >= 15 is 0 Å². The Kier molecular flexibility index (Phi) is 9.92. The molecule has 0 atom stereocenters. The van der Waals surface area contributed by atoms with Crippen molar-refractivity contribution >= 4 is 49.3 Å². The molecule has 0 bridgehead atoms. The molecule has 26 heavy (non-hydrogen) atoms.